The van der Waals surface area contributed by atoms with E-state index in [1.165, 1.54) is 17.4 Å². The summed E-state index contributed by atoms with van der Waals surface area (Å²) in [7, 11) is 0. The van der Waals surface area contributed by atoms with Crippen LogP contribution in [0.3, 0.4) is 0 Å². The summed E-state index contributed by atoms with van der Waals surface area (Å²) in [4.78, 5) is 23.6. The van der Waals surface area contributed by atoms with E-state index < -0.39 is 17.9 Å². The second-order valence-electron chi connectivity index (χ2n) is 4.50. The lowest BCUT2D eigenvalue weighted by molar-refractivity contribution is -0.141. The Kier molecular flexibility index (Phi) is 6.24. The molecule has 0 aliphatic heterocycles. The van der Waals surface area contributed by atoms with Gasteiger partial charge in [0.15, 0.2) is 0 Å². The number of thiophene rings is 1. The number of aliphatic carboxylic acids is 1. The molecule has 19 heavy (non-hydrogen) atoms. The Hall–Kier alpha value is -1.14. The molecule has 1 rings (SSSR count). The summed E-state index contributed by atoms with van der Waals surface area (Å²) in [6, 6.07) is 2.93. The van der Waals surface area contributed by atoms with Gasteiger partial charge in [-0.1, -0.05) is 13.8 Å². The molecule has 0 fully saturated rings. The van der Waals surface area contributed by atoms with Crippen LogP contribution in [0.1, 0.15) is 25.1 Å². The first-order chi connectivity index (χ1) is 8.88. The van der Waals surface area contributed by atoms with Gasteiger partial charge in [-0.25, -0.2) is 4.79 Å². The van der Waals surface area contributed by atoms with Crippen molar-refractivity contribution in [3.8, 4) is 0 Å². The van der Waals surface area contributed by atoms with Gasteiger partial charge >= 0.3 is 5.97 Å². The molecule has 6 heteroatoms. The molecule has 0 aromatic carbocycles. The lowest BCUT2D eigenvalue weighted by Gasteiger charge is -2.15. The van der Waals surface area contributed by atoms with Crippen molar-refractivity contribution in [3.63, 3.8) is 0 Å². The fourth-order valence-electron chi connectivity index (χ4n) is 1.49. The van der Waals surface area contributed by atoms with Gasteiger partial charge in [-0.15, -0.1) is 11.3 Å². The molecule has 104 valence electrons. The molecule has 1 amide bonds. The standard InChI is InChI=1S/C13H16BrNO3S/c1-8(2)7-10(13(17)18)15-12(16)6-4-9-3-5-11(14)19-9/h3-6,8,10H,7H2,1-2H3,(H,15,16)(H,17,18)/t10-/m1/s1. The van der Waals surface area contributed by atoms with Crippen LogP contribution in [0.15, 0.2) is 22.0 Å². The van der Waals surface area contributed by atoms with Crippen molar-refractivity contribution in [3.05, 3.63) is 26.9 Å². The minimum absolute atomic E-state index is 0.207. The van der Waals surface area contributed by atoms with Crippen molar-refractivity contribution in [2.75, 3.05) is 0 Å². The Morgan fingerprint density at radius 3 is 2.63 bits per heavy atom. The molecule has 0 bridgehead atoms. The molecule has 1 aromatic heterocycles. The van der Waals surface area contributed by atoms with Gasteiger partial charge in [0.1, 0.15) is 6.04 Å². The molecular formula is C13H16BrNO3S. The number of nitrogens with one attached hydrogen (secondary N) is 1. The average Bonchev–Trinajstić information content (AvgIpc) is 2.71. The lowest BCUT2D eigenvalue weighted by atomic mass is 10.0. The summed E-state index contributed by atoms with van der Waals surface area (Å²) in [6.07, 6.45) is 3.44. The van der Waals surface area contributed by atoms with Crippen LogP contribution >= 0.6 is 27.3 Å². The minimum Gasteiger partial charge on any atom is -0.480 e. The van der Waals surface area contributed by atoms with Gasteiger partial charge in [-0.2, -0.15) is 0 Å². The van der Waals surface area contributed by atoms with Crippen LogP contribution in [0.25, 0.3) is 6.08 Å². The summed E-state index contributed by atoms with van der Waals surface area (Å²) in [5, 5.41) is 11.5. The second kappa shape index (κ2) is 7.45. The van der Waals surface area contributed by atoms with Crippen molar-refractivity contribution >= 4 is 45.2 Å². The summed E-state index contributed by atoms with van der Waals surface area (Å²) >= 11 is 4.83. The zero-order valence-electron chi connectivity index (χ0n) is 10.7. The quantitative estimate of drug-likeness (QED) is 0.778. The van der Waals surface area contributed by atoms with Gasteiger partial charge in [0.2, 0.25) is 5.91 Å². The van der Waals surface area contributed by atoms with Gasteiger partial charge in [0.05, 0.1) is 3.79 Å². The van der Waals surface area contributed by atoms with Gasteiger partial charge in [0, 0.05) is 11.0 Å². The number of carbonyl (C=O) groups is 2. The van der Waals surface area contributed by atoms with Crippen molar-refractivity contribution in [2.24, 2.45) is 5.92 Å². The maximum Gasteiger partial charge on any atom is 0.326 e. The highest BCUT2D eigenvalue weighted by Crippen LogP contribution is 2.22. The molecule has 0 radical (unpaired) electrons. The molecule has 0 spiro atoms. The number of hydrogen-bond donors (Lipinski definition) is 2. The van der Waals surface area contributed by atoms with E-state index in [0.29, 0.717) is 6.42 Å². The van der Waals surface area contributed by atoms with Crippen molar-refractivity contribution in [1.29, 1.82) is 0 Å². The highest BCUT2D eigenvalue weighted by molar-refractivity contribution is 9.11. The largest absolute Gasteiger partial charge is 0.480 e. The summed E-state index contributed by atoms with van der Waals surface area (Å²) in [5.74, 6) is -1.19. The van der Waals surface area contributed by atoms with Gasteiger partial charge in [-0.3, -0.25) is 4.79 Å². The Balaban J connectivity index is 2.57. The van der Waals surface area contributed by atoms with Gasteiger partial charge in [0.25, 0.3) is 0 Å². The zero-order valence-corrected chi connectivity index (χ0v) is 13.1. The number of carboxylic acid groups (broad SMARTS) is 1. The second-order valence-corrected chi connectivity index (χ2v) is 7.00. The van der Waals surface area contributed by atoms with E-state index in [2.05, 4.69) is 21.2 Å². The lowest BCUT2D eigenvalue weighted by Crippen LogP contribution is -2.40. The molecule has 0 unspecified atom stereocenters. The normalized spacial score (nSPS) is 12.8. The van der Waals surface area contributed by atoms with Crippen LogP contribution in [0.4, 0.5) is 0 Å². The van der Waals surface area contributed by atoms with Gasteiger partial charge in [-0.05, 0) is 46.5 Å². The van der Waals surface area contributed by atoms with Crippen LogP contribution in [-0.2, 0) is 9.59 Å². The fraction of sp³-hybridized carbons (Fsp3) is 0.385. The topological polar surface area (TPSA) is 66.4 Å². The maximum atomic E-state index is 11.7. The SMILES string of the molecule is CC(C)C[C@@H](NC(=O)C=Cc1ccc(Br)s1)C(=O)O. The molecule has 2 N–H and O–H groups in total. The summed E-state index contributed by atoms with van der Waals surface area (Å²) < 4.78 is 0.982. The highest BCUT2D eigenvalue weighted by Gasteiger charge is 2.19. The Morgan fingerprint density at radius 2 is 2.16 bits per heavy atom. The molecule has 1 heterocycles. The number of hydrogen-bond acceptors (Lipinski definition) is 3. The third-order valence-electron chi connectivity index (χ3n) is 2.31. The van der Waals surface area contributed by atoms with E-state index in [1.807, 2.05) is 26.0 Å². The van der Waals surface area contributed by atoms with Crippen molar-refractivity contribution in [1.82, 2.24) is 5.32 Å². The molecule has 0 saturated carbocycles. The first kappa shape index (κ1) is 15.9. The van der Waals surface area contributed by atoms with E-state index in [9.17, 15) is 9.59 Å². The molecule has 0 aliphatic carbocycles. The fourth-order valence-corrected chi connectivity index (χ4v) is 2.81. The van der Waals surface area contributed by atoms with Crippen LogP contribution in [0.5, 0.6) is 0 Å². The van der Waals surface area contributed by atoms with Crippen LogP contribution in [0.2, 0.25) is 0 Å². The van der Waals surface area contributed by atoms with Crippen molar-refractivity contribution < 1.29 is 14.7 Å². The maximum absolute atomic E-state index is 11.7. The van der Waals surface area contributed by atoms with Crippen molar-refractivity contribution in [2.45, 2.75) is 26.3 Å². The Labute approximate surface area is 124 Å². The number of carboxylic acids is 1. The van der Waals surface area contributed by atoms with E-state index in [4.69, 9.17) is 5.11 Å². The third-order valence-corrected chi connectivity index (χ3v) is 3.90. The number of carbonyl (C=O) groups excluding carboxylic acids is 1. The molecule has 0 saturated heterocycles. The molecule has 1 aromatic rings. The Morgan fingerprint density at radius 1 is 1.47 bits per heavy atom. The number of amides is 1. The average molecular weight is 346 g/mol. The first-order valence-corrected chi connectivity index (χ1v) is 7.46. The Bertz CT molecular complexity index is 482. The monoisotopic (exact) mass is 345 g/mol. The minimum atomic E-state index is -1.01. The third kappa shape index (κ3) is 6.02. The first-order valence-electron chi connectivity index (χ1n) is 5.85. The smallest absolute Gasteiger partial charge is 0.326 e. The molecule has 4 nitrogen and oxygen atoms in total. The predicted molar refractivity (Wildman–Crippen MR) is 80.1 cm³/mol. The summed E-state index contributed by atoms with van der Waals surface area (Å²) in [6.45, 7) is 3.84. The van der Waals surface area contributed by atoms with Gasteiger partial charge < -0.3 is 10.4 Å². The van der Waals surface area contributed by atoms with E-state index in [1.54, 1.807) is 6.08 Å². The van der Waals surface area contributed by atoms with Crippen LogP contribution in [-0.4, -0.2) is 23.0 Å². The molecule has 1 atom stereocenters. The number of halogens is 1. The van der Waals surface area contributed by atoms with Crippen LogP contribution in [0, 0.1) is 5.92 Å². The van der Waals surface area contributed by atoms with E-state index in [-0.39, 0.29) is 5.92 Å². The predicted octanol–water partition coefficient (Wildman–Crippen LogP) is 3.14. The summed E-state index contributed by atoms with van der Waals surface area (Å²) in [5.41, 5.74) is 0. The molecular weight excluding hydrogens is 330 g/mol. The highest BCUT2D eigenvalue weighted by atomic mass is 79.9. The molecule has 0 aliphatic rings. The van der Waals surface area contributed by atoms with E-state index >= 15 is 0 Å². The number of rotatable bonds is 6. The van der Waals surface area contributed by atoms with E-state index in [0.717, 1.165) is 8.66 Å². The van der Waals surface area contributed by atoms with Crippen LogP contribution < -0.4 is 5.32 Å². The zero-order chi connectivity index (χ0) is 14.4.